The fourth-order valence-corrected chi connectivity index (χ4v) is 4.04. The Bertz CT molecular complexity index is 880. The maximum Gasteiger partial charge on any atom is 0.259 e. The molecule has 0 radical (unpaired) electrons. The van der Waals surface area contributed by atoms with E-state index in [2.05, 4.69) is 10.2 Å². The Balaban J connectivity index is 1.85. The number of aromatic nitrogens is 2. The van der Waals surface area contributed by atoms with Gasteiger partial charge in [-0.15, -0.1) is 32.9 Å². The fraction of sp³-hybridized carbons (Fsp3) is 0. The van der Waals surface area contributed by atoms with Gasteiger partial charge in [-0.2, -0.15) is 0 Å². The lowest BCUT2D eigenvalue weighted by Gasteiger charge is -1.90. The Kier molecular flexibility index (Phi) is 2.84. The van der Waals surface area contributed by atoms with Gasteiger partial charge in [0.15, 0.2) is 0 Å². The van der Waals surface area contributed by atoms with Gasteiger partial charge in [-0.25, -0.2) is 0 Å². The van der Waals surface area contributed by atoms with E-state index in [0.29, 0.717) is 16.8 Å². The highest BCUT2D eigenvalue weighted by atomic mass is 35.5. The standard InChI is InChI=1S/C14H7ClN2OS2/c15-11-8-4-1-2-5-9(8)20-12(11)14-17-16-13(18-14)10-6-3-7-19-10/h1-7H. The summed E-state index contributed by atoms with van der Waals surface area (Å²) in [7, 11) is 0. The number of nitrogens with zero attached hydrogens (tertiary/aromatic N) is 2. The van der Waals surface area contributed by atoms with Gasteiger partial charge in [0.1, 0.15) is 4.88 Å². The van der Waals surface area contributed by atoms with Gasteiger partial charge in [0.25, 0.3) is 11.8 Å². The molecule has 98 valence electrons. The average molecular weight is 319 g/mol. The molecule has 0 unspecified atom stereocenters. The zero-order chi connectivity index (χ0) is 13.5. The highest BCUT2D eigenvalue weighted by molar-refractivity contribution is 7.23. The lowest BCUT2D eigenvalue weighted by atomic mass is 10.2. The van der Waals surface area contributed by atoms with Crippen molar-refractivity contribution in [3.8, 4) is 21.5 Å². The molecule has 0 atom stereocenters. The van der Waals surface area contributed by atoms with E-state index < -0.39 is 0 Å². The Morgan fingerprint density at radius 3 is 2.65 bits per heavy atom. The highest BCUT2D eigenvalue weighted by Crippen LogP contribution is 2.42. The molecule has 4 aromatic rings. The van der Waals surface area contributed by atoms with Crippen LogP contribution in [0.4, 0.5) is 0 Å². The minimum atomic E-state index is 0.472. The first kappa shape index (κ1) is 12.1. The summed E-state index contributed by atoms with van der Waals surface area (Å²) in [6, 6.07) is 11.9. The number of halogens is 1. The first-order chi connectivity index (χ1) is 9.83. The molecule has 3 aromatic heterocycles. The summed E-state index contributed by atoms with van der Waals surface area (Å²) < 4.78 is 6.85. The predicted molar refractivity (Wildman–Crippen MR) is 83.4 cm³/mol. The van der Waals surface area contributed by atoms with Gasteiger partial charge in [0, 0.05) is 10.1 Å². The number of thiophene rings is 2. The van der Waals surface area contributed by atoms with Gasteiger partial charge in [-0.3, -0.25) is 0 Å². The second kappa shape index (κ2) is 4.70. The van der Waals surface area contributed by atoms with Gasteiger partial charge < -0.3 is 4.42 Å². The minimum Gasteiger partial charge on any atom is -0.414 e. The van der Waals surface area contributed by atoms with Crippen LogP contribution in [-0.4, -0.2) is 10.2 Å². The molecule has 4 rings (SSSR count). The van der Waals surface area contributed by atoms with E-state index >= 15 is 0 Å². The minimum absolute atomic E-state index is 0.472. The Hall–Kier alpha value is -1.69. The summed E-state index contributed by atoms with van der Waals surface area (Å²) in [5, 5.41) is 11.9. The van der Waals surface area contributed by atoms with Crippen molar-refractivity contribution < 1.29 is 4.42 Å². The molecule has 0 saturated carbocycles. The van der Waals surface area contributed by atoms with Crippen LogP contribution in [0, 0.1) is 0 Å². The van der Waals surface area contributed by atoms with Crippen molar-refractivity contribution >= 4 is 44.4 Å². The molecule has 0 aliphatic heterocycles. The van der Waals surface area contributed by atoms with E-state index in [1.165, 1.54) is 0 Å². The molecule has 3 nitrogen and oxygen atoms in total. The third-order valence-corrected chi connectivity index (χ3v) is 5.41. The predicted octanol–water partition coefficient (Wildman–Crippen LogP) is 5.33. The maximum atomic E-state index is 6.41. The quantitative estimate of drug-likeness (QED) is 0.501. The molecule has 0 amide bonds. The Morgan fingerprint density at radius 2 is 1.85 bits per heavy atom. The summed E-state index contributed by atoms with van der Waals surface area (Å²) >= 11 is 9.54. The first-order valence-electron chi connectivity index (χ1n) is 5.88. The van der Waals surface area contributed by atoms with Crippen LogP contribution >= 0.6 is 34.3 Å². The summed E-state index contributed by atoms with van der Waals surface area (Å²) in [6.45, 7) is 0. The molecule has 3 heterocycles. The second-order valence-corrected chi connectivity index (χ2v) is 6.51. The lowest BCUT2D eigenvalue weighted by molar-refractivity contribution is 0.587. The van der Waals surface area contributed by atoms with Gasteiger partial charge in [0.05, 0.1) is 9.90 Å². The third-order valence-electron chi connectivity index (χ3n) is 2.89. The molecule has 6 heteroatoms. The van der Waals surface area contributed by atoms with Gasteiger partial charge in [-0.1, -0.05) is 35.9 Å². The van der Waals surface area contributed by atoms with Gasteiger partial charge in [-0.05, 0) is 17.5 Å². The molecule has 0 saturated heterocycles. The number of hydrogen-bond donors (Lipinski definition) is 0. The van der Waals surface area contributed by atoms with E-state index in [-0.39, 0.29) is 0 Å². The maximum absolute atomic E-state index is 6.41. The topological polar surface area (TPSA) is 38.9 Å². The van der Waals surface area contributed by atoms with Crippen molar-refractivity contribution in [1.82, 2.24) is 10.2 Å². The molecule has 20 heavy (non-hydrogen) atoms. The highest BCUT2D eigenvalue weighted by Gasteiger charge is 2.18. The van der Waals surface area contributed by atoms with Crippen LogP contribution in [0.1, 0.15) is 0 Å². The van der Waals surface area contributed by atoms with Crippen molar-refractivity contribution in [2.45, 2.75) is 0 Å². The van der Waals surface area contributed by atoms with Crippen molar-refractivity contribution in [2.75, 3.05) is 0 Å². The van der Waals surface area contributed by atoms with E-state index in [0.717, 1.165) is 19.8 Å². The summed E-state index contributed by atoms with van der Waals surface area (Å²) in [4.78, 5) is 1.78. The van der Waals surface area contributed by atoms with Gasteiger partial charge in [0.2, 0.25) is 0 Å². The molecule has 0 bridgehead atoms. The number of rotatable bonds is 2. The van der Waals surface area contributed by atoms with Gasteiger partial charge >= 0.3 is 0 Å². The smallest absolute Gasteiger partial charge is 0.259 e. The van der Waals surface area contributed by atoms with Crippen LogP contribution < -0.4 is 0 Å². The summed E-state index contributed by atoms with van der Waals surface area (Å²) in [6.07, 6.45) is 0. The van der Waals surface area contributed by atoms with Crippen LogP contribution in [0.15, 0.2) is 46.2 Å². The summed E-state index contributed by atoms with van der Waals surface area (Å²) in [5.74, 6) is 1.00. The first-order valence-corrected chi connectivity index (χ1v) is 7.95. The SMILES string of the molecule is Clc1c(-c2nnc(-c3cccs3)o2)sc2ccccc12. The van der Waals surface area contributed by atoms with E-state index in [1.54, 1.807) is 22.7 Å². The van der Waals surface area contributed by atoms with Crippen molar-refractivity contribution in [3.63, 3.8) is 0 Å². The number of fused-ring (bicyclic) bond motifs is 1. The van der Waals surface area contributed by atoms with Crippen LogP contribution in [-0.2, 0) is 0 Å². The molecule has 0 fully saturated rings. The molecule has 1 aromatic carbocycles. The van der Waals surface area contributed by atoms with E-state index in [9.17, 15) is 0 Å². The van der Waals surface area contributed by atoms with Crippen LogP contribution in [0.25, 0.3) is 31.6 Å². The third kappa shape index (κ3) is 1.86. The normalized spacial score (nSPS) is 11.2. The van der Waals surface area contributed by atoms with Crippen molar-refractivity contribution in [1.29, 1.82) is 0 Å². The van der Waals surface area contributed by atoms with E-state index in [1.807, 2.05) is 41.8 Å². The molecular weight excluding hydrogens is 312 g/mol. The zero-order valence-corrected chi connectivity index (χ0v) is 12.4. The monoisotopic (exact) mass is 318 g/mol. The Morgan fingerprint density at radius 1 is 1.00 bits per heavy atom. The molecule has 0 aliphatic carbocycles. The number of hydrogen-bond acceptors (Lipinski definition) is 5. The lowest BCUT2D eigenvalue weighted by Crippen LogP contribution is -1.73. The second-order valence-electron chi connectivity index (χ2n) is 4.13. The molecule has 0 aliphatic rings. The van der Waals surface area contributed by atoms with Crippen molar-refractivity contribution in [2.24, 2.45) is 0 Å². The van der Waals surface area contributed by atoms with Crippen LogP contribution in [0.5, 0.6) is 0 Å². The summed E-state index contributed by atoms with van der Waals surface area (Å²) in [5.41, 5.74) is 0. The zero-order valence-electron chi connectivity index (χ0n) is 10.0. The van der Waals surface area contributed by atoms with Crippen LogP contribution in [0.3, 0.4) is 0 Å². The van der Waals surface area contributed by atoms with E-state index in [4.69, 9.17) is 16.0 Å². The average Bonchev–Trinajstić information content (AvgIpc) is 3.17. The largest absolute Gasteiger partial charge is 0.414 e. The molecule has 0 N–H and O–H groups in total. The number of benzene rings is 1. The molecular formula is C14H7ClN2OS2. The molecule has 0 spiro atoms. The van der Waals surface area contributed by atoms with Crippen LogP contribution in [0.2, 0.25) is 5.02 Å². The Labute approximate surface area is 127 Å². The fourth-order valence-electron chi connectivity index (χ4n) is 1.97. The van der Waals surface area contributed by atoms with Crippen molar-refractivity contribution in [3.05, 3.63) is 46.8 Å².